The summed E-state index contributed by atoms with van der Waals surface area (Å²) >= 11 is 0. The van der Waals surface area contributed by atoms with E-state index >= 15 is 0 Å². The first-order valence-corrected chi connectivity index (χ1v) is 8.03. The standard InChI is InChI=1S/C19H23N3O3/c1-13(14-7-9-15(10-8-14)19(2,3)4)21-22-18(24)17(23)20-12-16-6-5-11-25-16/h5-11H,12H2,1-4H3,(H,20,23)(H,22,24)/b21-13+. The number of nitrogens with one attached hydrogen (secondary N) is 2. The van der Waals surface area contributed by atoms with Gasteiger partial charge in [-0.25, -0.2) is 5.43 Å². The molecule has 1 heterocycles. The molecule has 0 saturated heterocycles. The lowest BCUT2D eigenvalue weighted by molar-refractivity contribution is -0.139. The SMILES string of the molecule is C/C(=N\NC(=O)C(=O)NCc1ccco1)c1ccc(C(C)(C)C)cc1. The molecule has 0 aliphatic carbocycles. The Morgan fingerprint density at radius 2 is 1.76 bits per heavy atom. The van der Waals surface area contributed by atoms with Gasteiger partial charge in [-0.1, -0.05) is 45.0 Å². The predicted octanol–water partition coefficient (Wildman–Crippen LogP) is 2.73. The Hall–Kier alpha value is -2.89. The molecule has 132 valence electrons. The summed E-state index contributed by atoms with van der Waals surface area (Å²) in [4.78, 5) is 23.5. The molecule has 2 N–H and O–H groups in total. The molecule has 0 unspecified atom stereocenters. The molecule has 2 rings (SSSR count). The number of carbonyl (C=O) groups is 2. The monoisotopic (exact) mass is 341 g/mol. The van der Waals surface area contributed by atoms with E-state index in [4.69, 9.17) is 4.42 Å². The van der Waals surface area contributed by atoms with Crippen molar-refractivity contribution in [2.24, 2.45) is 5.10 Å². The van der Waals surface area contributed by atoms with Crippen LogP contribution in [0.5, 0.6) is 0 Å². The molecule has 0 fully saturated rings. The van der Waals surface area contributed by atoms with Crippen LogP contribution in [0.4, 0.5) is 0 Å². The van der Waals surface area contributed by atoms with Crippen LogP contribution in [0.3, 0.4) is 0 Å². The van der Waals surface area contributed by atoms with E-state index in [0.717, 1.165) is 5.56 Å². The van der Waals surface area contributed by atoms with Crippen LogP contribution in [-0.2, 0) is 21.5 Å². The molecule has 6 nitrogen and oxygen atoms in total. The molecule has 0 spiro atoms. The van der Waals surface area contributed by atoms with E-state index in [0.29, 0.717) is 11.5 Å². The second-order valence-electron chi connectivity index (χ2n) is 6.73. The van der Waals surface area contributed by atoms with Gasteiger partial charge in [-0.15, -0.1) is 0 Å². The maximum absolute atomic E-state index is 11.8. The molecule has 6 heteroatoms. The fourth-order valence-electron chi connectivity index (χ4n) is 2.12. The number of amides is 2. The van der Waals surface area contributed by atoms with E-state index in [1.54, 1.807) is 19.1 Å². The molecule has 2 aromatic rings. The van der Waals surface area contributed by atoms with Gasteiger partial charge in [0.25, 0.3) is 0 Å². The van der Waals surface area contributed by atoms with Gasteiger partial charge in [-0.2, -0.15) is 5.10 Å². The lowest BCUT2D eigenvalue weighted by atomic mass is 9.86. The second-order valence-corrected chi connectivity index (χ2v) is 6.73. The minimum Gasteiger partial charge on any atom is -0.467 e. The molecule has 0 atom stereocenters. The van der Waals surface area contributed by atoms with Gasteiger partial charge in [-0.3, -0.25) is 9.59 Å². The summed E-state index contributed by atoms with van der Waals surface area (Å²) in [5.41, 5.74) is 5.05. The highest BCUT2D eigenvalue weighted by molar-refractivity contribution is 6.35. The summed E-state index contributed by atoms with van der Waals surface area (Å²) < 4.78 is 5.08. The second kappa shape index (κ2) is 7.79. The number of benzene rings is 1. The largest absolute Gasteiger partial charge is 0.467 e. The molecule has 1 aromatic carbocycles. The van der Waals surface area contributed by atoms with E-state index in [1.807, 2.05) is 24.3 Å². The van der Waals surface area contributed by atoms with E-state index in [2.05, 4.69) is 36.6 Å². The molecule has 1 aromatic heterocycles. The molecular weight excluding hydrogens is 318 g/mol. The number of rotatable bonds is 4. The Balaban J connectivity index is 1.91. The third kappa shape index (κ3) is 5.31. The average Bonchev–Trinajstić information content (AvgIpc) is 3.10. The first-order chi connectivity index (χ1) is 11.8. The summed E-state index contributed by atoms with van der Waals surface area (Å²) in [5, 5.41) is 6.44. The third-order valence-corrected chi connectivity index (χ3v) is 3.70. The quantitative estimate of drug-likeness (QED) is 0.509. The van der Waals surface area contributed by atoms with Crippen LogP contribution in [0.15, 0.2) is 52.2 Å². The number of hydrogen-bond acceptors (Lipinski definition) is 4. The summed E-state index contributed by atoms with van der Waals surface area (Å²) in [6, 6.07) is 11.4. The number of furan rings is 1. The van der Waals surface area contributed by atoms with Crippen LogP contribution >= 0.6 is 0 Å². The first-order valence-electron chi connectivity index (χ1n) is 8.03. The molecule has 0 bridgehead atoms. The molecular formula is C19H23N3O3. The van der Waals surface area contributed by atoms with E-state index < -0.39 is 11.8 Å². The summed E-state index contributed by atoms with van der Waals surface area (Å²) in [6.45, 7) is 8.35. The lowest BCUT2D eigenvalue weighted by Gasteiger charge is -2.19. The van der Waals surface area contributed by atoms with Crippen molar-refractivity contribution < 1.29 is 14.0 Å². The van der Waals surface area contributed by atoms with Gasteiger partial charge in [0.05, 0.1) is 18.5 Å². The molecule has 0 aliphatic heterocycles. The van der Waals surface area contributed by atoms with Crippen molar-refractivity contribution in [2.75, 3.05) is 0 Å². The Labute approximate surface area is 147 Å². The summed E-state index contributed by atoms with van der Waals surface area (Å²) in [6.07, 6.45) is 1.50. The van der Waals surface area contributed by atoms with Crippen molar-refractivity contribution in [3.63, 3.8) is 0 Å². The lowest BCUT2D eigenvalue weighted by Crippen LogP contribution is -2.37. The smallest absolute Gasteiger partial charge is 0.329 e. The van der Waals surface area contributed by atoms with E-state index in [1.165, 1.54) is 11.8 Å². The number of nitrogens with zero attached hydrogens (tertiary/aromatic N) is 1. The normalized spacial score (nSPS) is 11.9. The Bertz CT molecular complexity index is 754. The van der Waals surface area contributed by atoms with Crippen LogP contribution in [-0.4, -0.2) is 17.5 Å². The number of hydrogen-bond donors (Lipinski definition) is 2. The average molecular weight is 341 g/mol. The van der Waals surface area contributed by atoms with Gasteiger partial charge in [0.1, 0.15) is 5.76 Å². The van der Waals surface area contributed by atoms with Crippen LogP contribution in [0.1, 0.15) is 44.6 Å². The van der Waals surface area contributed by atoms with Crippen molar-refractivity contribution in [2.45, 2.75) is 39.7 Å². The summed E-state index contributed by atoms with van der Waals surface area (Å²) in [5.74, 6) is -1.02. The van der Waals surface area contributed by atoms with Crippen LogP contribution in [0.25, 0.3) is 0 Å². The Morgan fingerprint density at radius 3 is 2.32 bits per heavy atom. The van der Waals surface area contributed by atoms with Crippen molar-refractivity contribution >= 4 is 17.5 Å². The van der Waals surface area contributed by atoms with Gasteiger partial charge in [-0.05, 0) is 35.6 Å². The highest BCUT2D eigenvalue weighted by atomic mass is 16.3. The predicted molar refractivity (Wildman–Crippen MR) is 96.1 cm³/mol. The Kier molecular flexibility index (Phi) is 5.75. The fourth-order valence-corrected chi connectivity index (χ4v) is 2.12. The van der Waals surface area contributed by atoms with Crippen molar-refractivity contribution in [1.29, 1.82) is 0 Å². The number of hydrazone groups is 1. The molecule has 0 radical (unpaired) electrons. The van der Waals surface area contributed by atoms with Gasteiger partial charge in [0.15, 0.2) is 0 Å². The summed E-state index contributed by atoms with van der Waals surface area (Å²) in [7, 11) is 0. The Morgan fingerprint density at radius 1 is 1.08 bits per heavy atom. The highest BCUT2D eigenvalue weighted by Crippen LogP contribution is 2.22. The van der Waals surface area contributed by atoms with Crippen LogP contribution in [0, 0.1) is 0 Å². The minimum atomic E-state index is -0.822. The zero-order valence-electron chi connectivity index (χ0n) is 14.9. The fraction of sp³-hybridized carbons (Fsp3) is 0.316. The van der Waals surface area contributed by atoms with Gasteiger partial charge < -0.3 is 9.73 Å². The van der Waals surface area contributed by atoms with Crippen molar-refractivity contribution in [1.82, 2.24) is 10.7 Å². The van der Waals surface area contributed by atoms with Crippen LogP contribution in [0.2, 0.25) is 0 Å². The zero-order valence-corrected chi connectivity index (χ0v) is 14.9. The molecule has 2 amide bonds. The topological polar surface area (TPSA) is 83.7 Å². The van der Waals surface area contributed by atoms with Crippen LogP contribution < -0.4 is 10.7 Å². The zero-order chi connectivity index (χ0) is 18.4. The van der Waals surface area contributed by atoms with Gasteiger partial charge in [0.2, 0.25) is 0 Å². The van der Waals surface area contributed by atoms with Gasteiger partial charge >= 0.3 is 11.8 Å². The van der Waals surface area contributed by atoms with E-state index in [9.17, 15) is 9.59 Å². The number of carbonyl (C=O) groups excluding carboxylic acids is 2. The maximum Gasteiger partial charge on any atom is 0.329 e. The first kappa shape index (κ1) is 18.4. The van der Waals surface area contributed by atoms with Crippen molar-refractivity contribution in [3.8, 4) is 0 Å². The molecule has 25 heavy (non-hydrogen) atoms. The third-order valence-electron chi connectivity index (χ3n) is 3.70. The molecule has 0 aliphatic rings. The highest BCUT2D eigenvalue weighted by Gasteiger charge is 2.14. The minimum absolute atomic E-state index is 0.0733. The van der Waals surface area contributed by atoms with E-state index in [-0.39, 0.29) is 12.0 Å². The molecule has 0 saturated carbocycles. The van der Waals surface area contributed by atoms with Gasteiger partial charge in [0, 0.05) is 0 Å². The van der Waals surface area contributed by atoms with Crippen molar-refractivity contribution in [3.05, 3.63) is 59.5 Å². The maximum atomic E-state index is 11.8.